The van der Waals surface area contributed by atoms with Crippen molar-refractivity contribution in [2.24, 2.45) is 0 Å². The van der Waals surface area contributed by atoms with E-state index < -0.39 is 11.8 Å². The van der Waals surface area contributed by atoms with Gasteiger partial charge in [0.05, 0.1) is 10.7 Å². The van der Waals surface area contributed by atoms with E-state index in [4.69, 9.17) is 0 Å². The minimum atomic E-state index is -0.507. The molecule has 4 rings (SSSR count). The number of benzene rings is 2. The molecule has 7 nitrogen and oxygen atoms in total. The van der Waals surface area contributed by atoms with Crippen molar-refractivity contribution in [3.05, 3.63) is 98.4 Å². The van der Waals surface area contributed by atoms with Gasteiger partial charge in [0.1, 0.15) is 23.0 Å². The fraction of sp³-hybridized carbons (Fsp3) is 0.167. The highest BCUT2D eigenvalue weighted by Crippen LogP contribution is 2.18. The van der Waals surface area contributed by atoms with Gasteiger partial charge >= 0.3 is 0 Å². The maximum Gasteiger partial charge on any atom is 0.270 e. The van der Waals surface area contributed by atoms with Gasteiger partial charge in [0.15, 0.2) is 5.65 Å². The molecular weight excluding hydrogens is 508 g/mol. The van der Waals surface area contributed by atoms with Crippen LogP contribution < -0.4 is 10.6 Å². The molecule has 0 aliphatic rings. The molecule has 4 aromatic rings. The van der Waals surface area contributed by atoms with Crippen molar-refractivity contribution in [1.29, 1.82) is 0 Å². The van der Waals surface area contributed by atoms with Crippen LogP contribution in [0.2, 0.25) is 0 Å². The summed E-state index contributed by atoms with van der Waals surface area (Å²) in [5, 5.41) is 9.60. The van der Waals surface area contributed by atoms with Gasteiger partial charge in [-0.2, -0.15) is 5.10 Å². The van der Waals surface area contributed by atoms with E-state index >= 15 is 0 Å². The van der Waals surface area contributed by atoms with Crippen LogP contribution in [0.1, 0.15) is 43.2 Å². The molecule has 0 unspecified atom stereocenters. The molecule has 2 heterocycles. The van der Waals surface area contributed by atoms with Gasteiger partial charge in [-0.3, -0.25) is 9.59 Å². The molecule has 2 aromatic carbocycles. The number of rotatable bonds is 6. The molecule has 0 aliphatic heterocycles. The number of fused-ring (bicyclic) bond motifs is 1. The molecule has 2 N–H and O–H groups in total. The molecule has 2 amide bonds. The Morgan fingerprint density at radius 1 is 0.912 bits per heavy atom. The zero-order chi connectivity index (χ0) is 24.4. The highest BCUT2D eigenvalue weighted by Gasteiger charge is 2.19. The van der Waals surface area contributed by atoms with Crippen molar-refractivity contribution in [2.45, 2.75) is 26.9 Å². The van der Waals surface area contributed by atoms with E-state index in [1.54, 1.807) is 38.1 Å². The van der Waals surface area contributed by atoms with Crippen molar-refractivity contribution in [2.75, 3.05) is 0 Å². The molecule has 0 aliphatic carbocycles. The molecule has 0 saturated carbocycles. The van der Waals surface area contributed by atoms with E-state index in [9.17, 15) is 18.4 Å². The average molecular weight is 528 g/mol. The van der Waals surface area contributed by atoms with Crippen molar-refractivity contribution >= 4 is 33.4 Å². The number of carbonyl (C=O) groups is 2. The lowest BCUT2D eigenvalue weighted by Gasteiger charge is -2.10. The predicted octanol–water partition coefficient (Wildman–Crippen LogP) is 4.25. The molecule has 174 valence electrons. The van der Waals surface area contributed by atoms with Crippen LogP contribution in [0.4, 0.5) is 8.78 Å². The van der Waals surface area contributed by atoms with E-state index in [2.05, 4.69) is 36.6 Å². The zero-order valence-corrected chi connectivity index (χ0v) is 19.9. The Labute approximate surface area is 202 Å². The number of aryl methyl sites for hydroxylation is 2. The minimum Gasteiger partial charge on any atom is -0.347 e. The number of aromatic nitrogens is 3. The monoisotopic (exact) mass is 527 g/mol. The van der Waals surface area contributed by atoms with Crippen molar-refractivity contribution in [3.8, 4) is 0 Å². The quantitative estimate of drug-likeness (QED) is 0.392. The van der Waals surface area contributed by atoms with Crippen molar-refractivity contribution in [1.82, 2.24) is 25.2 Å². The van der Waals surface area contributed by atoms with Crippen LogP contribution in [-0.4, -0.2) is 26.4 Å². The fourth-order valence-electron chi connectivity index (χ4n) is 3.32. The topological polar surface area (TPSA) is 88.4 Å². The van der Waals surface area contributed by atoms with Gasteiger partial charge in [0, 0.05) is 19.2 Å². The van der Waals surface area contributed by atoms with Gasteiger partial charge in [0.25, 0.3) is 11.8 Å². The van der Waals surface area contributed by atoms with Gasteiger partial charge in [-0.05, 0) is 64.2 Å². The summed E-state index contributed by atoms with van der Waals surface area (Å²) in [6.45, 7) is 3.55. The van der Waals surface area contributed by atoms with Gasteiger partial charge in [-0.1, -0.05) is 24.3 Å². The van der Waals surface area contributed by atoms with Crippen LogP contribution in [0, 0.1) is 25.5 Å². The van der Waals surface area contributed by atoms with Crippen LogP contribution in [-0.2, 0) is 13.1 Å². The lowest BCUT2D eigenvalue weighted by atomic mass is 10.1. The van der Waals surface area contributed by atoms with Gasteiger partial charge in [-0.25, -0.2) is 18.3 Å². The summed E-state index contributed by atoms with van der Waals surface area (Å²) in [5.74, 6) is -1.69. The van der Waals surface area contributed by atoms with E-state index in [0.29, 0.717) is 21.2 Å². The molecule has 2 aromatic heterocycles. The van der Waals surface area contributed by atoms with Crippen LogP contribution in [0.15, 0.2) is 53.1 Å². The predicted molar refractivity (Wildman–Crippen MR) is 125 cm³/mol. The number of amides is 2. The minimum absolute atomic E-state index is 0.0130. The molecule has 0 saturated heterocycles. The summed E-state index contributed by atoms with van der Waals surface area (Å²) in [6, 6.07) is 10.6. The third kappa shape index (κ3) is 4.96. The van der Waals surface area contributed by atoms with Gasteiger partial charge in [0.2, 0.25) is 0 Å². The number of hydrogen-bond acceptors (Lipinski definition) is 4. The maximum absolute atomic E-state index is 13.8. The number of carbonyl (C=O) groups excluding carboxylic acids is 2. The van der Waals surface area contributed by atoms with E-state index in [-0.39, 0.29) is 41.8 Å². The molecule has 10 heteroatoms. The van der Waals surface area contributed by atoms with Crippen LogP contribution in [0.5, 0.6) is 0 Å². The number of nitrogens with zero attached hydrogens (tertiary/aromatic N) is 3. The zero-order valence-electron chi connectivity index (χ0n) is 18.3. The summed E-state index contributed by atoms with van der Waals surface area (Å²) >= 11 is 3.33. The molecule has 0 atom stereocenters. The molecular formula is C24H20BrF2N5O2. The average Bonchev–Trinajstić information content (AvgIpc) is 3.20. The first kappa shape index (κ1) is 23.5. The third-order valence-corrected chi connectivity index (χ3v) is 5.82. The molecule has 34 heavy (non-hydrogen) atoms. The Morgan fingerprint density at radius 3 is 2.29 bits per heavy atom. The van der Waals surface area contributed by atoms with Crippen LogP contribution >= 0.6 is 15.9 Å². The highest BCUT2D eigenvalue weighted by molar-refractivity contribution is 9.10. The fourth-order valence-corrected chi connectivity index (χ4v) is 3.67. The smallest absolute Gasteiger partial charge is 0.270 e. The van der Waals surface area contributed by atoms with Crippen molar-refractivity contribution < 1.29 is 18.4 Å². The second kappa shape index (κ2) is 9.68. The van der Waals surface area contributed by atoms with Gasteiger partial charge in [-0.15, -0.1) is 0 Å². The third-order valence-electron chi connectivity index (χ3n) is 5.26. The Kier molecular flexibility index (Phi) is 6.69. The van der Waals surface area contributed by atoms with E-state index in [0.717, 1.165) is 5.56 Å². The maximum atomic E-state index is 13.8. The number of nitrogens with one attached hydrogen (secondary N) is 2. The molecule has 0 radical (unpaired) electrons. The molecule has 0 fully saturated rings. The Hall–Kier alpha value is -3.66. The normalized spacial score (nSPS) is 11.0. The Morgan fingerprint density at radius 2 is 1.59 bits per heavy atom. The summed E-state index contributed by atoms with van der Waals surface area (Å²) in [7, 11) is 0. The Bertz CT molecular complexity index is 1420. The van der Waals surface area contributed by atoms with Gasteiger partial charge < -0.3 is 10.6 Å². The lowest BCUT2D eigenvalue weighted by molar-refractivity contribution is 0.0942. The van der Waals surface area contributed by atoms with E-state index in [1.165, 1.54) is 28.9 Å². The summed E-state index contributed by atoms with van der Waals surface area (Å²) in [4.78, 5) is 30.1. The summed E-state index contributed by atoms with van der Waals surface area (Å²) in [5.41, 5.74) is 2.70. The Balaban J connectivity index is 1.55. The van der Waals surface area contributed by atoms with E-state index in [1.807, 2.05) is 0 Å². The largest absolute Gasteiger partial charge is 0.347 e. The first-order valence-electron chi connectivity index (χ1n) is 10.3. The number of hydrogen-bond donors (Lipinski definition) is 2. The second-order valence-corrected chi connectivity index (χ2v) is 8.64. The standard InChI is InChI=1S/C24H20BrF2N5O2/c1-13-3-4-16(8-19(13)27)11-29-24(34)21-9-20(31-22-17(25)12-30-32(21)22)23(33)28-10-15-5-6-18(26)14(2)7-15/h3-9,12H,10-11H2,1-2H3,(H,28,33)(H,29,34). The highest BCUT2D eigenvalue weighted by atomic mass is 79.9. The first-order valence-corrected chi connectivity index (χ1v) is 11.1. The SMILES string of the molecule is Cc1cc(CNC(=O)c2cc(C(=O)NCc3ccc(C)c(F)c3)n3ncc(Br)c3n2)ccc1F. The van der Waals surface area contributed by atoms with Crippen LogP contribution in [0.25, 0.3) is 5.65 Å². The first-order chi connectivity index (χ1) is 16.2. The number of halogens is 3. The van der Waals surface area contributed by atoms with Crippen LogP contribution in [0.3, 0.4) is 0 Å². The summed E-state index contributed by atoms with van der Waals surface area (Å²) < 4.78 is 29.1. The second-order valence-electron chi connectivity index (χ2n) is 7.79. The molecule has 0 bridgehead atoms. The molecule has 0 spiro atoms. The summed E-state index contributed by atoms with van der Waals surface area (Å²) in [6.07, 6.45) is 1.47. The lowest BCUT2D eigenvalue weighted by Crippen LogP contribution is -2.28. The van der Waals surface area contributed by atoms with Crippen molar-refractivity contribution in [3.63, 3.8) is 0 Å².